The molecule has 0 spiro atoms. The highest BCUT2D eigenvalue weighted by Crippen LogP contribution is 2.17. The van der Waals surface area contributed by atoms with E-state index < -0.39 is 10.0 Å². The van der Waals surface area contributed by atoms with Gasteiger partial charge in [0.25, 0.3) is 15.9 Å². The molecule has 0 aliphatic rings. The van der Waals surface area contributed by atoms with E-state index >= 15 is 0 Å². The Hall–Kier alpha value is -2.38. The molecule has 0 saturated carbocycles. The molecule has 0 fully saturated rings. The van der Waals surface area contributed by atoms with E-state index in [1.54, 1.807) is 19.1 Å². The monoisotopic (exact) mass is 348 g/mol. The van der Waals surface area contributed by atoms with Gasteiger partial charge in [-0.25, -0.2) is 8.42 Å². The molecular formula is C17H20N2O4S. The van der Waals surface area contributed by atoms with Crippen LogP contribution in [0.15, 0.2) is 53.4 Å². The van der Waals surface area contributed by atoms with E-state index in [2.05, 4.69) is 10.0 Å². The first-order valence-electron chi connectivity index (χ1n) is 7.43. The Bertz CT molecular complexity index is 817. The number of benzene rings is 2. The van der Waals surface area contributed by atoms with Crippen LogP contribution in [0.25, 0.3) is 0 Å². The Morgan fingerprint density at radius 2 is 1.83 bits per heavy atom. The molecule has 6 nitrogen and oxygen atoms in total. The van der Waals surface area contributed by atoms with Gasteiger partial charge in [0.15, 0.2) is 0 Å². The van der Waals surface area contributed by atoms with Crippen molar-refractivity contribution in [2.45, 2.75) is 24.8 Å². The summed E-state index contributed by atoms with van der Waals surface area (Å²) in [5.74, 6) is -0.329. The SMILES string of the molecule is Cc1cccc(S(=O)(=O)Nc2ccc(C(=O)N[C@@H](C)CO)cc2)c1. The summed E-state index contributed by atoms with van der Waals surface area (Å²) in [7, 11) is -3.68. The molecular weight excluding hydrogens is 328 g/mol. The lowest BCUT2D eigenvalue weighted by Gasteiger charge is -2.12. The number of amides is 1. The van der Waals surface area contributed by atoms with Crippen LogP contribution in [0.5, 0.6) is 0 Å². The first-order valence-corrected chi connectivity index (χ1v) is 8.91. The van der Waals surface area contributed by atoms with Crippen LogP contribution in [0, 0.1) is 6.92 Å². The van der Waals surface area contributed by atoms with Gasteiger partial charge in [-0.3, -0.25) is 9.52 Å². The van der Waals surface area contributed by atoms with Crippen LogP contribution in [0.3, 0.4) is 0 Å². The minimum Gasteiger partial charge on any atom is -0.394 e. The fourth-order valence-electron chi connectivity index (χ4n) is 2.04. The van der Waals surface area contributed by atoms with E-state index in [-0.39, 0.29) is 23.5 Å². The molecule has 0 radical (unpaired) electrons. The molecule has 3 N–H and O–H groups in total. The van der Waals surface area contributed by atoms with Gasteiger partial charge in [-0.1, -0.05) is 12.1 Å². The van der Waals surface area contributed by atoms with Gasteiger partial charge in [-0.15, -0.1) is 0 Å². The lowest BCUT2D eigenvalue weighted by Crippen LogP contribution is -2.34. The molecule has 0 aliphatic heterocycles. The molecule has 2 rings (SSSR count). The molecule has 0 bridgehead atoms. The number of carbonyl (C=O) groups excluding carboxylic acids is 1. The van der Waals surface area contributed by atoms with Crippen molar-refractivity contribution in [3.63, 3.8) is 0 Å². The molecule has 1 amide bonds. The van der Waals surface area contributed by atoms with Crippen molar-refractivity contribution in [3.05, 3.63) is 59.7 Å². The first-order chi connectivity index (χ1) is 11.3. The zero-order chi connectivity index (χ0) is 17.7. The number of rotatable bonds is 6. The van der Waals surface area contributed by atoms with Gasteiger partial charge in [-0.05, 0) is 55.8 Å². The zero-order valence-corrected chi connectivity index (χ0v) is 14.3. The lowest BCUT2D eigenvalue weighted by molar-refractivity contribution is 0.0922. The van der Waals surface area contributed by atoms with Crippen molar-refractivity contribution >= 4 is 21.6 Å². The Balaban J connectivity index is 2.12. The number of aryl methyl sites for hydroxylation is 1. The maximum atomic E-state index is 12.3. The minimum atomic E-state index is -3.68. The van der Waals surface area contributed by atoms with Gasteiger partial charge in [0.2, 0.25) is 0 Å². The molecule has 0 saturated heterocycles. The molecule has 1 atom stereocenters. The standard InChI is InChI=1S/C17H20N2O4S/c1-12-4-3-5-16(10-12)24(22,23)19-15-8-6-14(7-9-15)17(21)18-13(2)11-20/h3-10,13,19-20H,11H2,1-2H3,(H,18,21)/t13-/m0/s1. The normalized spacial score (nSPS) is 12.5. The second-order valence-corrected chi connectivity index (χ2v) is 7.24. The summed E-state index contributed by atoms with van der Waals surface area (Å²) in [5, 5.41) is 11.6. The number of hydrogen-bond acceptors (Lipinski definition) is 4. The summed E-state index contributed by atoms with van der Waals surface area (Å²) in [6.07, 6.45) is 0. The van der Waals surface area contributed by atoms with Crippen molar-refractivity contribution in [2.75, 3.05) is 11.3 Å². The highest BCUT2D eigenvalue weighted by molar-refractivity contribution is 7.92. The molecule has 0 aromatic heterocycles. The molecule has 2 aromatic rings. The molecule has 24 heavy (non-hydrogen) atoms. The summed E-state index contributed by atoms with van der Waals surface area (Å²) >= 11 is 0. The number of carbonyl (C=O) groups is 1. The van der Waals surface area contributed by atoms with Gasteiger partial charge in [0, 0.05) is 17.3 Å². The molecule has 7 heteroatoms. The Labute approximate surface area is 141 Å². The number of hydrogen-bond donors (Lipinski definition) is 3. The summed E-state index contributed by atoms with van der Waals surface area (Å²) in [4.78, 5) is 12.1. The van der Waals surface area contributed by atoms with Crippen LogP contribution in [0.1, 0.15) is 22.8 Å². The largest absolute Gasteiger partial charge is 0.394 e. The van der Waals surface area contributed by atoms with Crippen LogP contribution in [0.2, 0.25) is 0 Å². The fourth-order valence-corrected chi connectivity index (χ4v) is 3.20. The van der Waals surface area contributed by atoms with Crippen molar-refractivity contribution < 1.29 is 18.3 Å². The van der Waals surface area contributed by atoms with Crippen LogP contribution in [0.4, 0.5) is 5.69 Å². The Morgan fingerprint density at radius 3 is 2.42 bits per heavy atom. The predicted molar refractivity (Wildman–Crippen MR) is 92.4 cm³/mol. The van der Waals surface area contributed by atoms with Gasteiger partial charge in [0.1, 0.15) is 0 Å². The van der Waals surface area contributed by atoms with E-state index in [0.717, 1.165) is 5.56 Å². The highest BCUT2D eigenvalue weighted by Gasteiger charge is 2.15. The minimum absolute atomic E-state index is 0.153. The van der Waals surface area contributed by atoms with Crippen LogP contribution in [-0.4, -0.2) is 32.1 Å². The van der Waals surface area contributed by atoms with E-state index in [9.17, 15) is 13.2 Å². The van der Waals surface area contributed by atoms with Gasteiger partial charge in [0.05, 0.1) is 11.5 Å². The molecule has 0 heterocycles. The molecule has 0 aliphatic carbocycles. The number of aliphatic hydroxyl groups is 1. The van der Waals surface area contributed by atoms with Crippen LogP contribution in [-0.2, 0) is 10.0 Å². The van der Waals surface area contributed by atoms with Crippen molar-refractivity contribution in [3.8, 4) is 0 Å². The van der Waals surface area contributed by atoms with Gasteiger partial charge in [-0.2, -0.15) is 0 Å². The van der Waals surface area contributed by atoms with Gasteiger partial charge >= 0.3 is 0 Å². The predicted octanol–water partition coefficient (Wildman–Crippen LogP) is 1.91. The summed E-state index contributed by atoms with van der Waals surface area (Å²) in [5.41, 5.74) is 1.60. The Morgan fingerprint density at radius 1 is 1.17 bits per heavy atom. The highest BCUT2D eigenvalue weighted by atomic mass is 32.2. The topological polar surface area (TPSA) is 95.5 Å². The van der Waals surface area contributed by atoms with E-state index in [1.165, 1.54) is 30.3 Å². The molecule has 0 unspecified atom stereocenters. The second-order valence-electron chi connectivity index (χ2n) is 5.56. The van der Waals surface area contributed by atoms with E-state index in [0.29, 0.717) is 11.3 Å². The number of aliphatic hydroxyl groups excluding tert-OH is 1. The quantitative estimate of drug-likeness (QED) is 0.743. The van der Waals surface area contributed by atoms with E-state index in [4.69, 9.17) is 5.11 Å². The van der Waals surface area contributed by atoms with Crippen molar-refractivity contribution in [1.29, 1.82) is 0 Å². The molecule has 2 aromatic carbocycles. The maximum absolute atomic E-state index is 12.3. The first kappa shape index (κ1) is 18.0. The van der Waals surface area contributed by atoms with E-state index in [1.807, 2.05) is 13.0 Å². The fraction of sp³-hybridized carbons (Fsp3) is 0.235. The van der Waals surface area contributed by atoms with Crippen LogP contribution >= 0.6 is 0 Å². The summed E-state index contributed by atoms with van der Waals surface area (Å²) in [6.45, 7) is 3.35. The van der Waals surface area contributed by atoms with Crippen molar-refractivity contribution in [1.82, 2.24) is 5.32 Å². The summed E-state index contributed by atoms with van der Waals surface area (Å²) in [6, 6.07) is 12.3. The third kappa shape index (κ3) is 4.56. The molecule has 128 valence electrons. The average Bonchev–Trinajstić information content (AvgIpc) is 2.55. The number of nitrogens with one attached hydrogen (secondary N) is 2. The smallest absolute Gasteiger partial charge is 0.261 e. The number of anilines is 1. The lowest BCUT2D eigenvalue weighted by atomic mass is 10.2. The van der Waals surface area contributed by atoms with Crippen LogP contribution < -0.4 is 10.0 Å². The second kappa shape index (κ2) is 7.46. The van der Waals surface area contributed by atoms with Crippen molar-refractivity contribution in [2.24, 2.45) is 0 Å². The zero-order valence-electron chi connectivity index (χ0n) is 13.5. The Kier molecular flexibility index (Phi) is 5.58. The summed E-state index contributed by atoms with van der Waals surface area (Å²) < 4.78 is 27.2. The third-order valence-electron chi connectivity index (χ3n) is 3.35. The van der Waals surface area contributed by atoms with Gasteiger partial charge < -0.3 is 10.4 Å². The average molecular weight is 348 g/mol. The third-order valence-corrected chi connectivity index (χ3v) is 4.73. The number of sulfonamides is 1. The maximum Gasteiger partial charge on any atom is 0.261 e.